The molecular weight excluding hydrogens is 473 g/mol. The van der Waals surface area contributed by atoms with Gasteiger partial charge in [0.1, 0.15) is 5.82 Å². The average molecular weight is 497 g/mol. The van der Waals surface area contributed by atoms with Gasteiger partial charge >= 0.3 is 6.18 Å². The quantitative estimate of drug-likeness (QED) is 0.578. The molecule has 1 N–H and O–H groups in total. The van der Waals surface area contributed by atoms with Crippen LogP contribution in [0.5, 0.6) is 0 Å². The zero-order chi connectivity index (χ0) is 24.7. The topological polar surface area (TPSA) is 110 Å². The van der Waals surface area contributed by atoms with E-state index >= 15 is 0 Å². The molecule has 13 heteroatoms. The van der Waals surface area contributed by atoms with E-state index < -0.39 is 21.8 Å². The second-order valence-corrected chi connectivity index (χ2v) is 10.3. The molecule has 3 heterocycles. The number of carbonyl (C=O) groups is 1. The number of aromatic nitrogens is 4. The number of hydrogen-bond acceptors (Lipinski definition) is 7. The Morgan fingerprint density at radius 3 is 2.32 bits per heavy atom. The highest BCUT2D eigenvalue weighted by Gasteiger charge is 2.38. The van der Waals surface area contributed by atoms with E-state index in [0.717, 1.165) is 11.8 Å². The maximum absolute atomic E-state index is 13.1. The number of anilines is 1. The Balaban J connectivity index is 1.37. The fourth-order valence-corrected chi connectivity index (χ4v) is 4.54. The molecule has 182 valence electrons. The molecule has 9 nitrogen and oxygen atoms in total. The second kappa shape index (κ2) is 8.85. The first-order valence-corrected chi connectivity index (χ1v) is 12.5. The van der Waals surface area contributed by atoms with Crippen molar-refractivity contribution in [3.05, 3.63) is 47.8 Å². The number of piperidine rings is 1. The SMILES string of the molecule is C[C@@H](NC(=O)C1CCN(c2ccc3nnc(C(F)(F)F)n3n2)CC1)c1ccc(S(C)(=O)=O)cc1. The molecule has 1 aromatic carbocycles. The van der Waals surface area contributed by atoms with Gasteiger partial charge in [0.25, 0.3) is 5.82 Å². The number of rotatable bonds is 5. The van der Waals surface area contributed by atoms with E-state index in [1.165, 1.54) is 18.2 Å². The summed E-state index contributed by atoms with van der Waals surface area (Å²) in [4.78, 5) is 14.8. The number of amides is 1. The summed E-state index contributed by atoms with van der Waals surface area (Å²) < 4.78 is 63.2. The summed E-state index contributed by atoms with van der Waals surface area (Å²) in [6, 6.07) is 9.08. The van der Waals surface area contributed by atoms with Crippen molar-refractivity contribution in [2.45, 2.75) is 36.9 Å². The zero-order valence-corrected chi connectivity index (χ0v) is 19.3. The van der Waals surface area contributed by atoms with Gasteiger partial charge in [-0.3, -0.25) is 4.79 Å². The molecule has 0 saturated carbocycles. The van der Waals surface area contributed by atoms with Gasteiger partial charge in [0.05, 0.1) is 10.9 Å². The second-order valence-electron chi connectivity index (χ2n) is 8.32. The van der Waals surface area contributed by atoms with Crippen molar-refractivity contribution in [1.82, 2.24) is 25.1 Å². The lowest BCUT2D eigenvalue weighted by atomic mass is 9.95. The molecule has 0 unspecified atom stereocenters. The summed E-state index contributed by atoms with van der Waals surface area (Å²) >= 11 is 0. The van der Waals surface area contributed by atoms with E-state index in [0.29, 0.717) is 36.3 Å². The number of alkyl halides is 3. The minimum Gasteiger partial charge on any atom is -0.355 e. The molecule has 0 aliphatic carbocycles. The van der Waals surface area contributed by atoms with E-state index in [1.54, 1.807) is 18.2 Å². The number of fused-ring (bicyclic) bond motifs is 1. The largest absolute Gasteiger partial charge is 0.453 e. The number of halogens is 3. The fourth-order valence-electron chi connectivity index (χ4n) is 3.91. The first kappa shape index (κ1) is 23.9. The van der Waals surface area contributed by atoms with Gasteiger partial charge in [0.2, 0.25) is 5.91 Å². The molecule has 1 fully saturated rings. The normalized spacial score (nSPS) is 16.6. The first-order valence-electron chi connectivity index (χ1n) is 10.6. The highest BCUT2D eigenvalue weighted by molar-refractivity contribution is 7.90. The lowest BCUT2D eigenvalue weighted by Crippen LogP contribution is -2.41. The van der Waals surface area contributed by atoms with Crippen molar-refractivity contribution in [2.75, 3.05) is 24.2 Å². The maximum Gasteiger partial charge on any atom is 0.453 e. The molecule has 2 aromatic heterocycles. The van der Waals surface area contributed by atoms with E-state index in [-0.39, 0.29) is 28.4 Å². The minimum absolute atomic E-state index is 0.00361. The fraction of sp³-hybridized carbons (Fsp3) is 0.429. The number of hydrogen-bond donors (Lipinski definition) is 1. The smallest absolute Gasteiger partial charge is 0.355 e. The molecule has 4 rings (SSSR count). The number of sulfone groups is 1. The number of nitrogens with one attached hydrogen (secondary N) is 1. The van der Waals surface area contributed by atoms with Crippen LogP contribution in [0.4, 0.5) is 19.0 Å². The Morgan fingerprint density at radius 1 is 1.09 bits per heavy atom. The highest BCUT2D eigenvalue weighted by Crippen LogP contribution is 2.29. The van der Waals surface area contributed by atoms with Crippen molar-refractivity contribution < 1.29 is 26.4 Å². The van der Waals surface area contributed by atoms with Gasteiger partial charge in [-0.25, -0.2) is 8.42 Å². The van der Waals surface area contributed by atoms with Gasteiger partial charge in [-0.15, -0.1) is 15.3 Å². The van der Waals surface area contributed by atoms with E-state index in [2.05, 4.69) is 20.6 Å². The Bertz CT molecular complexity index is 1300. The van der Waals surface area contributed by atoms with Crippen molar-refractivity contribution >= 4 is 27.2 Å². The van der Waals surface area contributed by atoms with Crippen LogP contribution in [0.1, 0.15) is 37.2 Å². The number of nitrogens with zero attached hydrogens (tertiary/aromatic N) is 5. The number of carbonyl (C=O) groups excluding carboxylic acids is 1. The monoisotopic (exact) mass is 496 g/mol. The Kier molecular flexibility index (Phi) is 6.23. The molecule has 0 radical (unpaired) electrons. The van der Waals surface area contributed by atoms with Crippen LogP contribution >= 0.6 is 0 Å². The third-order valence-electron chi connectivity index (χ3n) is 5.86. The average Bonchev–Trinajstić information content (AvgIpc) is 3.22. The molecule has 1 aliphatic rings. The highest BCUT2D eigenvalue weighted by atomic mass is 32.2. The van der Waals surface area contributed by atoms with Gasteiger partial charge in [-0.2, -0.15) is 17.7 Å². The molecule has 34 heavy (non-hydrogen) atoms. The van der Waals surface area contributed by atoms with Crippen LogP contribution in [-0.4, -0.2) is 53.5 Å². The van der Waals surface area contributed by atoms with E-state index in [9.17, 15) is 26.4 Å². The maximum atomic E-state index is 13.1. The molecular formula is C21H23F3N6O3S. The first-order chi connectivity index (χ1) is 15.9. The lowest BCUT2D eigenvalue weighted by molar-refractivity contribution is -0.146. The summed E-state index contributed by atoms with van der Waals surface area (Å²) in [6.07, 6.45) is -2.51. The van der Waals surface area contributed by atoms with Crippen LogP contribution in [0, 0.1) is 5.92 Å². The van der Waals surface area contributed by atoms with Crippen LogP contribution < -0.4 is 10.2 Å². The molecule has 1 saturated heterocycles. The third kappa shape index (κ3) is 4.98. The number of benzene rings is 1. The zero-order valence-electron chi connectivity index (χ0n) is 18.5. The molecule has 1 aliphatic heterocycles. The van der Waals surface area contributed by atoms with Crippen molar-refractivity contribution in [3.63, 3.8) is 0 Å². The molecule has 1 atom stereocenters. The van der Waals surface area contributed by atoms with Crippen molar-refractivity contribution in [1.29, 1.82) is 0 Å². The Morgan fingerprint density at radius 2 is 1.74 bits per heavy atom. The van der Waals surface area contributed by atoms with Gasteiger partial charge in [0.15, 0.2) is 15.5 Å². The third-order valence-corrected chi connectivity index (χ3v) is 6.99. The van der Waals surface area contributed by atoms with Crippen LogP contribution in [-0.2, 0) is 20.8 Å². The van der Waals surface area contributed by atoms with Gasteiger partial charge in [-0.05, 0) is 49.6 Å². The lowest BCUT2D eigenvalue weighted by Gasteiger charge is -2.32. The predicted octanol–water partition coefficient (Wildman–Crippen LogP) is 2.64. The summed E-state index contributed by atoms with van der Waals surface area (Å²) in [7, 11) is -3.29. The van der Waals surface area contributed by atoms with Crippen LogP contribution in [0.25, 0.3) is 5.65 Å². The molecule has 0 bridgehead atoms. The van der Waals surface area contributed by atoms with Crippen LogP contribution in [0.2, 0.25) is 0 Å². The van der Waals surface area contributed by atoms with Crippen molar-refractivity contribution in [2.24, 2.45) is 5.92 Å². The predicted molar refractivity (Wildman–Crippen MR) is 117 cm³/mol. The molecule has 0 spiro atoms. The molecule has 1 amide bonds. The minimum atomic E-state index is -4.67. The van der Waals surface area contributed by atoms with E-state index in [4.69, 9.17) is 0 Å². The standard InChI is InChI=1S/C21H23F3N6O3S/c1-13(14-3-5-16(6-4-14)34(2,32)33)25-19(31)15-9-11-29(12-10-15)18-8-7-17-26-27-20(21(22,23)24)30(17)28-18/h3-8,13,15H,9-12H2,1-2H3,(H,25,31)/t13-/m1/s1. The summed E-state index contributed by atoms with van der Waals surface area (Å²) in [5.41, 5.74) is 0.786. The van der Waals surface area contributed by atoms with Gasteiger partial charge < -0.3 is 10.2 Å². The Hall–Kier alpha value is -3.22. The van der Waals surface area contributed by atoms with Crippen LogP contribution in [0.15, 0.2) is 41.3 Å². The summed E-state index contributed by atoms with van der Waals surface area (Å²) in [5.74, 6) is -1.20. The van der Waals surface area contributed by atoms with Crippen molar-refractivity contribution in [3.8, 4) is 0 Å². The van der Waals surface area contributed by atoms with E-state index in [1.807, 2.05) is 11.8 Å². The molecule has 3 aromatic rings. The van der Waals surface area contributed by atoms with Crippen LogP contribution in [0.3, 0.4) is 0 Å². The summed E-state index contributed by atoms with van der Waals surface area (Å²) in [6.45, 7) is 2.73. The van der Waals surface area contributed by atoms with Gasteiger partial charge in [-0.1, -0.05) is 12.1 Å². The van der Waals surface area contributed by atoms with Gasteiger partial charge in [0, 0.05) is 25.3 Å². The summed E-state index contributed by atoms with van der Waals surface area (Å²) in [5, 5.41) is 13.7. The Labute approximate surface area is 193 Å².